The fourth-order valence-corrected chi connectivity index (χ4v) is 4.05. The standard InChI is InChI=1S/C18H26N2O3/c1-12-8-15(22-2)16(23-3)9-14(12)20-17(21)18-7-5-4-6-13(18)10-19-11-18/h8-9,13,19H,4-7,10-11H2,1-3H3,(H,20,21)/t13-,18+/m0/s1. The zero-order valence-electron chi connectivity index (χ0n) is 14.2. The van der Waals surface area contributed by atoms with Crippen LogP contribution in [0.4, 0.5) is 5.69 Å². The van der Waals surface area contributed by atoms with Gasteiger partial charge in [0.05, 0.1) is 19.6 Å². The maximum atomic E-state index is 13.1. The van der Waals surface area contributed by atoms with E-state index in [1.165, 1.54) is 6.42 Å². The second-order valence-electron chi connectivity index (χ2n) is 6.71. The lowest BCUT2D eigenvalue weighted by atomic mass is 9.67. The fourth-order valence-electron chi connectivity index (χ4n) is 4.05. The zero-order valence-corrected chi connectivity index (χ0v) is 14.2. The van der Waals surface area contributed by atoms with E-state index < -0.39 is 0 Å². The molecule has 1 saturated carbocycles. The van der Waals surface area contributed by atoms with Gasteiger partial charge in [0, 0.05) is 18.3 Å². The van der Waals surface area contributed by atoms with Gasteiger partial charge in [0.25, 0.3) is 0 Å². The molecule has 0 bridgehead atoms. The molecule has 1 amide bonds. The van der Waals surface area contributed by atoms with Gasteiger partial charge >= 0.3 is 0 Å². The Labute approximate surface area is 137 Å². The van der Waals surface area contributed by atoms with Crippen molar-refractivity contribution in [2.75, 3.05) is 32.6 Å². The first-order valence-electron chi connectivity index (χ1n) is 8.35. The molecule has 1 aromatic rings. The minimum absolute atomic E-state index is 0.141. The summed E-state index contributed by atoms with van der Waals surface area (Å²) in [5.74, 6) is 1.91. The number of ether oxygens (including phenoxy) is 2. The first-order valence-corrected chi connectivity index (χ1v) is 8.35. The van der Waals surface area contributed by atoms with E-state index in [0.29, 0.717) is 17.4 Å². The van der Waals surface area contributed by atoms with Crippen molar-refractivity contribution >= 4 is 11.6 Å². The summed E-state index contributed by atoms with van der Waals surface area (Å²) in [6.45, 7) is 3.72. The molecule has 1 aliphatic heterocycles. The van der Waals surface area contributed by atoms with Crippen LogP contribution in [0.5, 0.6) is 11.5 Å². The molecule has 5 heteroatoms. The molecule has 1 heterocycles. The Morgan fingerprint density at radius 2 is 2.00 bits per heavy atom. The molecule has 3 rings (SSSR count). The van der Waals surface area contributed by atoms with Crippen LogP contribution in [0.2, 0.25) is 0 Å². The number of hydrogen-bond donors (Lipinski definition) is 2. The van der Waals surface area contributed by atoms with E-state index >= 15 is 0 Å². The molecule has 2 atom stereocenters. The average Bonchev–Trinajstić information content (AvgIpc) is 3.01. The van der Waals surface area contributed by atoms with E-state index in [1.807, 2.05) is 19.1 Å². The molecule has 1 aromatic carbocycles. The number of methoxy groups -OCH3 is 2. The van der Waals surface area contributed by atoms with Gasteiger partial charge < -0.3 is 20.1 Å². The van der Waals surface area contributed by atoms with Gasteiger partial charge in [-0.25, -0.2) is 0 Å². The molecule has 0 unspecified atom stereocenters. The first kappa shape index (κ1) is 16.1. The van der Waals surface area contributed by atoms with Gasteiger partial charge in [-0.2, -0.15) is 0 Å². The number of carbonyl (C=O) groups is 1. The van der Waals surface area contributed by atoms with E-state index in [9.17, 15) is 4.79 Å². The molecule has 2 fully saturated rings. The van der Waals surface area contributed by atoms with Crippen LogP contribution in [0.1, 0.15) is 31.2 Å². The molecule has 126 valence electrons. The highest BCUT2D eigenvalue weighted by Gasteiger charge is 2.49. The van der Waals surface area contributed by atoms with Crippen LogP contribution >= 0.6 is 0 Å². The topological polar surface area (TPSA) is 59.6 Å². The summed E-state index contributed by atoms with van der Waals surface area (Å²) in [7, 11) is 3.22. The normalized spacial score (nSPS) is 26.5. The summed E-state index contributed by atoms with van der Waals surface area (Å²) in [6, 6.07) is 3.75. The monoisotopic (exact) mass is 318 g/mol. The van der Waals surface area contributed by atoms with Crippen molar-refractivity contribution < 1.29 is 14.3 Å². The number of hydrogen-bond acceptors (Lipinski definition) is 4. The number of anilines is 1. The minimum Gasteiger partial charge on any atom is -0.493 e. The van der Waals surface area contributed by atoms with Gasteiger partial charge in [0.1, 0.15) is 0 Å². The number of carbonyl (C=O) groups excluding carboxylic acids is 1. The Morgan fingerprint density at radius 1 is 1.26 bits per heavy atom. The van der Waals surface area contributed by atoms with Crippen molar-refractivity contribution in [2.45, 2.75) is 32.6 Å². The number of benzene rings is 1. The maximum Gasteiger partial charge on any atom is 0.232 e. The summed E-state index contributed by atoms with van der Waals surface area (Å²) in [6.07, 6.45) is 4.49. The molecular formula is C18H26N2O3. The third kappa shape index (κ3) is 2.78. The highest BCUT2D eigenvalue weighted by atomic mass is 16.5. The summed E-state index contributed by atoms with van der Waals surface area (Å²) < 4.78 is 10.7. The molecule has 1 saturated heterocycles. The van der Waals surface area contributed by atoms with Crippen LogP contribution in [0.3, 0.4) is 0 Å². The van der Waals surface area contributed by atoms with E-state index in [0.717, 1.165) is 43.6 Å². The van der Waals surface area contributed by atoms with Gasteiger partial charge in [-0.15, -0.1) is 0 Å². The highest BCUT2D eigenvalue weighted by molar-refractivity contribution is 5.97. The van der Waals surface area contributed by atoms with Crippen molar-refractivity contribution in [3.8, 4) is 11.5 Å². The molecule has 0 aromatic heterocycles. The molecule has 5 nitrogen and oxygen atoms in total. The lowest BCUT2D eigenvalue weighted by Crippen LogP contribution is -2.44. The van der Waals surface area contributed by atoms with E-state index in [-0.39, 0.29) is 11.3 Å². The Bertz CT molecular complexity index is 602. The smallest absolute Gasteiger partial charge is 0.232 e. The maximum absolute atomic E-state index is 13.1. The van der Waals surface area contributed by atoms with Crippen LogP contribution in [0.25, 0.3) is 0 Å². The zero-order chi connectivity index (χ0) is 16.4. The Hall–Kier alpha value is -1.75. The molecule has 0 radical (unpaired) electrons. The number of rotatable bonds is 4. The van der Waals surface area contributed by atoms with Crippen LogP contribution in [0.15, 0.2) is 12.1 Å². The first-order chi connectivity index (χ1) is 11.1. The van der Waals surface area contributed by atoms with E-state index in [1.54, 1.807) is 14.2 Å². The largest absolute Gasteiger partial charge is 0.493 e. The number of fused-ring (bicyclic) bond motifs is 1. The summed E-state index contributed by atoms with van der Waals surface area (Å²) in [5.41, 5.74) is 1.53. The fraction of sp³-hybridized carbons (Fsp3) is 0.611. The molecule has 2 aliphatic rings. The second kappa shape index (κ2) is 6.40. The number of aryl methyl sites for hydroxylation is 1. The Kier molecular flexibility index (Phi) is 4.48. The number of nitrogens with one attached hydrogen (secondary N) is 2. The van der Waals surface area contributed by atoms with Gasteiger partial charge in [0.2, 0.25) is 5.91 Å². The predicted octanol–water partition coefficient (Wildman–Crippen LogP) is 2.73. The third-order valence-corrected chi connectivity index (χ3v) is 5.47. The van der Waals surface area contributed by atoms with Crippen LogP contribution in [-0.4, -0.2) is 33.2 Å². The summed E-state index contributed by atoms with van der Waals surface area (Å²) in [5, 5.41) is 6.58. The second-order valence-corrected chi connectivity index (χ2v) is 6.71. The molecule has 23 heavy (non-hydrogen) atoms. The van der Waals surface area contributed by atoms with Gasteiger partial charge in [-0.05, 0) is 43.9 Å². The summed E-state index contributed by atoms with van der Waals surface area (Å²) >= 11 is 0. The van der Waals surface area contributed by atoms with Crippen molar-refractivity contribution in [1.29, 1.82) is 0 Å². The minimum atomic E-state index is -0.252. The van der Waals surface area contributed by atoms with Crippen molar-refractivity contribution in [2.24, 2.45) is 11.3 Å². The van der Waals surface area contributed by atoms with E-state index in [4.69, 9.17) is 9.47 Å². The Morgan fingerprint density at radius 3 is 2.74 bits per heavy atom. The van der Waals surface area contributed by atoms with Gasteiger partial charge in [0.15, 0.2) is 11.5 Å². The van der Waals surface area contributed by atoms with Crippen molar-refractivity contribution in [3.63, 3.8) is 0 Å². The SMILES string of the molecule is COc1cc(C)c(NC(=O)[C@@]23CCCC[C@H]2CNC3)cc1OC. The van der Waals surface area contributed by atoms with Gasteiger partial charge in [-0.3, -0.25) is 4.79 Å². The summed E-state index contributed by atoms with van der Waals surface area (Å²) in [4.78, 5) is 13.1. The van der Waals surface area contributed by atoms with Crippen LogP contribution < -0.4 is 20.1 Å². The number of amides is 1. The van der Waals surface area contributed by atoms with Crippen LogP contribution in [0, 0.1) is 18.3 Å². The molecular weight excluding hydrogens is 292 g/mol. The van der Waals surface area contributed by atoms with Crippen LogP contribution in [-0.2, 0) is 4.79 Å². The lowest BCUT2D eigenvalue weighted by Gasteiger charge is -2.37. The average molecular weight is 318 g/mol. The van der Waals surface area contributed by atoms with Gasteiger partial charge in [-0.1, -0.05) is 12.8 Å². The molecule has 1 aliphatic carbocycles. The predicted molar refractivity (Wildman–Crippen MR) is 90.2 cm³/mol. The highest BCUT2D eigenvalue weighted by Crippen LogP contribution is 2.45. The van der Waals surface area contributed by atoms with E-state index in [2.05, 4.69) is 10.6 Å². The molecule has 0 spiro atoms. The lowest BCUT2D eigenvalue weighted by molar-refractivity contribution is -0.128. The van der Waals surface area contributed by atoms with Crippen molar-refractivity contribution in [3.05, 3.63) is 17.7 Å². The Balaban J connectivity index is 1.85. The quantitative estimate of drug-likeness (QED) is 0.896. The van der Waals surface area contributed by atoms with Crippen molar-refractivity contribution in [1.82, 2.24) is 5.32 Å². The molecule has 2 N–H and O–H groups in total. The third-order valence-electron chi connectivity index (χ3n) is 5.47.